The van der Waals surface area contributed by atoms with Gasteiger partial charge in [0.15, 0.2) is 0 Å². The van der Waals surface area contributed by atoms with Gasteiger partial charge in [0.25, 0.3) is 0 Å². The molecule has 2 nitrogen and oxygen atoms in total. The SMILES string of the molecule is CC1COC(c2ccccc2N)C1. The second-order valence-corrected chi connectivity index (χ2v) is 3.79. The lowest BCUT2D eigenvalue weighted by Gasteiger charge is -2.11. The number of hydrogen-bond donors (Lipinski definition) is 1. The molecule has 70 valence electrons. The highest BCUT2D eigenvalue weighted by Gasteiger charge is 2.24. The molecule has 1 saturated heterocycles. The molecule has 2 heteroatoms. The highest BCUT2D eigenvalue weighted by molar-refractivity contribution is 5.47. The Morgan fingerprint density at radius 2 is 2.15 bits per heavy atom. The highest BCUT2D eigenvalue weighted by Crippen LogP contribution is 2.34. The van der Waals surface area contributed by atoms with Gasteiger partial charge >= 0.3 is 0 Å². The first-order chi connectivity index (χ1) is 6.27. The number of nitrogen functional groups attached to an aromatic ring is 1. The molecule has 2 rings (SSSR count). The summed E-state index contributed by atoms with van der Waals surface area (Å²) in [6.45, 7) is 3.07. The zero-order valence-electron chi connectivity index (χ0n) is 7.86. The smallest absolute Gasteiger partial charge is 0.0848 e. The monoisotopic (exact) mass is 177 g/mol. The summed E-state index contributed by atoms with van der Waals surface area (Å²) < 4.78 is 5.65. The number of nitrogens with two attached hydrogens (primary N) is 1. The minimum absolute atomic E-state index is 0.219. The van der Waals surface area contributed by atoms with Gasteiger partial charge < -0.3 is 10.5 Å². The molecule has 2 unspecified atom stereocenters. The van der Waals surface area contributed by atoms with Crippen LogP contribution in [0.15, 0.2) is 24.3 Å². The molecule has 0 saturated carbocycles. The molecule has 1 heterocycles. The Balaban J connectivity index is 2.21. The maximum absolute atomic E-state index is 5.87. The van der Waals surface area contributed by atoms with Crippen molar-refractivity contribution >= 4 is 5.69 Å². The predicted octanol–water partition coefficient (Wildman–Crippen LogP) is 2.37. The Kier molecular flexibility index (Phi) is 2.23. The van der Waals surface area contributed by atoms with Crippen molar-refractivity contribution in [1.82, 2.24) is 0 Å². The van der Waals surface area contributed by atoms with Crippen LogP contribution in [0, 0.1) is 5.92 Å². The van der Waals surface area contributed by atoms with Crippen molar-refractivity contribution in [3.63, 3.8) is 0 Å². The lowest BCUT2D eigenvalue weighted by atomic mass is 10.0. The van der Waals surface area contributed by atoms with Crippen LogP contribution in [0.2, 0.25) is 0 Å². The molecule has 2 atom stereocenters. The van der Waals surface area contributed by atoms with Crippen LogP contribution in [0.5, 0.6) is 0 Å². The van der Waals surface area contributed by atoms with Crippen LogP contribution < -0.4 is 5.73 Å². The topological polar surface area (TPSA) is 35.2 Å². The van der Waals surface area contributed by atoms with Gasteiger partial charge in [0, 0.05) is 11.3 Å². The van der Waals surface area contributed by atoms with Gasteiger partial charge in [-0.25, -0.2) is 0 Å². The summed E-state index contributed by atoms with van der Waals surface area (Å²) in [6, 6.07) is 7.95. The largest absolute Gasteiger partial charge is 0.398 e. The van der Waals surface area contributed by atoms with Gasteiger partial charge in [0.1, 0.15) is 0 Å². The first kappa shape index (κ1) is 8.57. The maximum atomic E-state index is 5.87. The number of benzene rings is 1. The molecule has 2 N–H and O–H groups in total. The van der Waals surface area contributed by atoms with Crippen molar-refractivity contribution in [3.8, 4) is 0 Å². The standard InChI is InChI=1S/C11H15NO/c1-8-6-11(13-7-8)9-4-2-3-5-10(9)12/h2-5,8,11H,6-7,12H2,1H3. The fraction of sp³-hybridized carbons (Fsp3) is 0.455. The van der Waals surface area contributed by atoms with Gasteiger partial charge in [-0.2, -0.15) is 0 Å². The van der Waals surface area contributed by atoms with Crippen molar-refractivity contribution in [2.24, 2.45) is 5.92 Å². The van der Waals surface area contributed by atoms with E-state index in [9.17, 15) is 0 Å². The zero-order valence-corrected chi connectivity index (χ0v) is 7.86. The second kappa shape index (κ2) is 3.38. The second-order valence-electron chi connectivity index (χ2n) is 3.79. The molecule has 0 radical (unpaired) electrons. The van der Waals surface area contributed by atoms with E-state index in [0.29, 0.717) is 5.92 Å². The van der Waals surface area contributed by atoms with Crippen molar-refractivity contribution in [2.45, 2.75) is 19.4 Å². The number of rotatable bonds is 1. The molecule has 0 aliphatic carbocycles. The molecule has 1 aliphatic rings. The fourth-order valence-corrected chi connectivity index (χ4v) is 1.80. The van der Waals surface area contributed by atoms with Crippen LogP contribution in [-0.2, 0) is 4.74 Å². The predicted molar refractivity (Wildman–Crippen MR) is 53.3 cm³/mol. The summed E-state index contributed by atoms with van der Waals surface area (Å²) in [5.41, 5.74) is 7.86. The number of para-hydroxylation sites is 1. The minimum atomic E-state index is 0.219. The van der Waals surface area contributed by atoms with E-state index in [1.165, 1.54) is 0 Å². The highest BCUT2D eigenvalue weighted by atomic mass is 16.5. The summed E-state index contributed by atoms with van der Waals surface area (Å²) in [5, 5.41) is 0. The van der Waals surface area contributed by atoms with Gasteiger partial charge in [-0.1, -0.05) is 25.1 Å². The number of hydrogen-bond acceptors (Lipinski definition) is 2. The molecule has 0 spiro atoms. The molecule has 1 aromatic rings. The van der Waals surface area contributed by atoms with Crippen LogP contribution in [0.3, 0.4) is 0 Å². The Labute approximate surface area is 78.7 Å². The third-order valence-corrected chi connectivity index (χ3v) is 2.54. The van der Waals surface area contributed by atoms with E-state index in [4.69, 9.17) is 10.5 Å². The van der Waals surface area contributed by atoms with Gasteiger partial charge in [0.2, 0.25) is 0 Å². The zero-order chi connectivity index (χ0) is 9.26. The van der Waals surface area contributed by atoms with E-state index >= 15 is 0 Å². The molecule has 0 aromatic heterocycles. The first-order valence-corrected chi connectivity index (χ1v) is 4.73. The van der Waals surface area contributed by atoms with E-state index in [-0.39, 0.29) is 6.10 Å². The number of anilines is 1. The summed E-state index contributed by atoms with van der Waals surface area (Å²) in [7, 11) is 0. The quantitative estimate of drug-likeness (QED) is 0.668. The van der Waals surface area contributed by atoms with E-state index in [1.807, 2.05) is 18.2 Å². The summed E-state index contributed by atoms with van der Waals surface area (Å²) in [5.74, 6) is 0.657. The molecule has 13 heavy (non-hydrogen) atoms. The van der Waals surface area contributed by atoms with Crippen molar-refractivity contribution in [3.05, 3.63) is 29.8 Å². The van der Waals surface area contributed by atoms with Crippen LogP contribution >= 0.6 is 0 Å². The van der Waals surface area contributed by atoms with Crippen LogP contribution in [0.25, 0.3) is 0 Å². The van der Waals surface area contributed by atoms with E-state index in [0.717, 1.165) is 24.3 Å². The summed E-state index contributed by atoms with van der Waals surface area (Å²) >= 11 is 0. The Morgan fingerprint density at radius 1 is 1.38 bits per heavy atom. The van der Waals surface area contributed by atoms with E-state index in [1.54, 1.807) is 0 Å². The molecule has 0 bridgehead atoms. The Hall–Kier alpha value is -1.02. The van der Waals surface area contributed by atoms with E-state index < -0.39 is 0 Å². The average Bonchev–Trinajstić information content (AvgIpc) is 2.53. The summed E-state index contributed by atoms with van der Waals surface area (Å²) in [6.07, 6.45) is 1.31. The fourth-order valence-electron chi connectivity index (χ4n) is 1.80. The lowest BCUT2D eigenvalue weighted by Crippen LogP contribution is -2.00. The number of ether oxygens (including phenoxy) is 1. The van der Waals surface area contributed by atoms with Gasteiger partial charge in [0.05, 0.1) is 12.7 Å². The van der Waals surface area contributed by atoms with Gasteiger partial charge in [-0.15, -0.1) is 0 Å². The third kappa shape index (κ3) is 1.68. The molecule has 0 amide bonds. The molecular formula is C11H15NO. The van der Waals surface area contributed by atoms with Crippen LogP contribution in [0.1, 0.15) is 25.0 Å². The molecule has 1 aromatic carbocycles. The Morgan fingerprint density at radius 3 is 2.77 bits per heavy atom. The van der Waals surface area contributed by atoms with Crippen LogP contribution in [-0.4, -0.2) is 6.61 Å². The lowest BCUT2D eigenvalue weighted by molar-refractivity contribution is 0.108. The average molecular weight is 177 g/mol. The first-order valence-electron chi connectivity index (χ1n) is 4.73. The normalized spacial score (nSPS) is 27.8. The van der Waals surface area contributed by atoms with Crippen LogP contribution in [0.4, 0.5) is 5.69 Å². The Bertz CT molecular complexity index is 298. The summed E-state index contributed by atoms with van der Waals surface area (Å²) in [4.78, 5) is 0. The van der Waals surface area contributed by atoms with Crippen molar-refractivity contribution in [2.75, 3.05) is 12.3 Å². The van der Waals surface area contributed by atoms with Gasteiger partial charge in [-0.3, -0.25) is 0 Å². The third-order valence-electron chi connectivity index (χ3n) is 2.54. The minimum Gasteiger partial charge on any atom is -0.398 e. The van der Waals surface area contributed by atoms with Gasteiger partial charge in [-0.05, 0) is 18.4 Å². The maximum Gasteiger partial charge on any atom is 0.0848 e. The van der Waals surface area contributed by atoms with E-state index in [2.05, 4.69) is 13.0 Å². The van der Waals surface area contributed by atoms with Crippen molar-refractivity contribution < 1.29 is 4.74 Å². The van der Waals surface area contributed by atoms with Crippen molar-refractivity contribution in [1.29, 1.82) is 0 Å². The molecule has 1 aliphatic heterocycles. The molecular weight excluding hydrogens is 162 g/mol. The molecule has 1 fully saturated rings.